The Morgan fingerprint density at radius 2 is 1.54 bits per heavy atom. The third kappa shape index (κ3) is 2.47. The fourth-order valence-electron chi connectivity index (χ4n) is 3.72. The number of hydrogen-bond donors (Lipinski definition) is 0. The van der Waals surface area contributed by atoms with E-state index in [9.17, 15) is 0 Å². The maximum atomic E-state index is 6.47. The molecule has 2 aliphatic heterocycles. The minimum atomic E-state index is -0.329. The summed E-state index contributed by atoms with van der Waals surface area (Å²) in [5.74, 6) is 0.906. The molecule has 2 aliphatic rings. The number of fused-ring (bicyclic) bond motifs is 3. The average Bonchev–Trinajstić information content (AvgIpc) is 3.14. The molecule has 0 aliphatic carbocycles. The Morgan fingerprint density at radius 1 is 0.846 bits per heavy atom. The summed E-state index contributed by atoms with van der Waals surface area (Å²) in [6.07, 6.45) is 0.524. The van der Waals surface area contributed by atoms with E-state index in [4.69, 9.17) is 21.4 Å². The average molecular weight is 361 g/mol. The van der Waals surface area contributed by atoms with E-state index >= 15 is 0 Å². The van der Waals surface area contributed by atoms with Crippen molar-refractivity contribution in [3.05, 3.63) is 101 Å². The van der Waals surface area contributed by atoms with E-state index in [1.54, 1.807) is 0 Å². The van der Waals surface area contributed by atoms with Crippen LogP contribution in [-0.2, 0) is 0 Å². The molecule has 0 N–H and O–H groups in total. The van der Waals surface area contributed by atoms with Crippen LogP contribution in [0.15, 0.2) is 84.0 Å². The van der Waals surface area contributed by atoms with Crippen molar-refractivity contribution >= 4 is 17.3 Å². The molecule has 5 rings (SSSR count). The Kier molecular flexibility index (Phi) is 3.68. The molecule has 0 spiro atoms. The SMILES string of the molecule is Clc1ccccc1[C@@H]1Oc2ccccc2[C@@H]2CC(c3ccccc3)=NN21. The number of hydrogen-bond acceptors (Lipinski definition) is 3. The Balaban J connectivity index is 1.63. The Hall–Kier alpha value is -2.78. The molecule has 128 valence electrons. The summed E-state index contributed by atoms with van der Waals surface area (Å²) in [7, 11) is 0. The van der Waals surface area contributed by atoms with Crippen LogP contribution in [0, 0.1) is 0 Å². The maximum absolute atomic E-state index is 6.47. The van der Waals surface area contributed by atoms with Gasteiger partial charge in [0.25, 0.3) is 0 Å². The van der Waals surface area contributed by atoms with E-state index < -0.39 is 0 Å². The van der Waals surface area contributed by atoms with Crippen LogP contribution in [0.3, 0.4) is 0 Å². The van der Waals surface area contributed by atoms with Gasteiger partial charge in [0.05, 0.1) is 11.8 Å². The highest BCUT2D eigenvalue weighted by atomic mass is 35.5. The van der Waals surface area contributed by atoms with Gasteiger partial charge in [-0.15, -0.1) is 0 Å². The van der Waals surface area contributed by atoms with Crippen molar-refractivity contribution in [1.29, 1.82) is 0 Å². The van der Waals surface area contributed by atoms with Crippen molar-refractivity contribution in [3.8, 4) is 5.75 Å². The summed E-state index contributed by atoms with van der Waals surface area (Å²) < 4.78 is 6.33. The normalized spacial score (nSPS) is 20.8. The summed E-state index contributed by atoms with van der Waals surface area (Å²) >= 11 is 6.47. The molecule has 3 aromatic carbocycles. The van der Waals surface area contributed by atoms with E-state index in [2.05, 4.69) is 29.3 Å². The van der Waals surface area contributed by atoms with Gasteiger partial charge in [-0.1, -0.05) is 78.3 Å². The van der Waals surface area contributed by atoms with Crippen molar-refractivity contribution in [1.82, 2.24) is 5.01 Å². The van der Waals surface area contributed by atoms with E-state index in [-0.39, 0.29) is 12.3 Å². The van der Waals surface area contributed by atoms with Gasteiger partial charge in [-0.3, -0.25) is 0 Å². The third-order valence-electron chi connectivity index (χ3n) is 4.98. The molecular formula is C22H17ClN2O. The van der Waals surface area contributed by atoms with Gasteiger partial charge in [0.2, 0.25) is 6.23 Å². The molecule has 0 bridgehead atoms. The van der Waals surface area contributed by atoms with Gasteiger partial charge in [-0.05, 0) is 17.7 Å². The number of halogens is 1. The zero-order chi connectivity index (χ0) is 17.5. The summed E-state index contributed by atoms with van der Waals surface area (Å²) in [4.78, 5) is 0. The van der Waals surface area contributed by atoms with Gasteiger partial charge in [-0.25, -0.2) is 5.01 Å². The minimum Gasteiger partial charge on any atom is -0.464 e. The molecule has 0 saturated carbocycles. The summed E-state index contributed by atoms with van der Waals surface area (Å²) in [6.45, 7) is 0. The molecule has 4 heteroatoms. The second-order valence-electron chi connectivity index (χ2n) is 6.54. The van der Waals surface area contributed by atoms with Crippen LogP contribution in [0.5, 0.6) is 5.75 Å². The first-order valence-electron chi connectivity index (χ1n) is 8.72. The second kappa shape index (κ2) is 6.19. The molecule has 3 nitrogen and oxygen atoms in total. The zero-order valence-electron chi connectivity index (χ0n) is 14.0. The van der Waals surface area contributed by atoms with Crippen LogP contribution in [0.2, 0.25) is 5.02 Å². The smallest absolute Gasteiger partial charge is 0.215 e. The molecule has 0 aromatic heterocycles. The summed E-state index contributed by atoms with van der Waals surface area (Å²) in [5, 5.41) is 7.70. The lowest BCUT2D eigenvalue weighted by Crippen LogP contribution is -2.33. The Bertz CT molecular complexity index is 986. The highest BCUT2D eigenvalue weighted by Crippen LogP contribution is 2.48. The monoisotopic (exact) mass is 360 g/mol. The number of hydrazone groups is 1. The lowest BCUT2D eigenvalue weighted by Gasteiger charge is -2.38. The van der Waals surface area contributed by atoms with Crippen molar-refractivity contribution in [2.24, 2.45) is 5.10 Å². The molecule has 0 radical (unpaired) electrons. The third-order valence-corrected chi connectivity index (χ3v) is 5.32. The van der Waals surface area contributed by atoms with E-state index in [0.717, 1.165) is 29.0 Å². The number of rotatable bonds is 2. The second-order valence-corrected chi connectivity index (χ2v) is 6.95. The molecule has 0 saturated heterocycles. The first-order valence-corrected chi connectivity index (χ1v) is 9.10. The molecule has 0 amide bonds. The van der Waals surface area contributed by atoms with Gasteiger partial charge in [0.1, 0.15) is 5.75 Å². The van der Waals surface area contributed by atoms with Crippen LogP contribution < -0.4 is 4.74 Å². The number of benzene rings is 3. The summed E-state index contributed by atoms with van der Waals surface area (Å²) in [5.41, 5.74) is 4.34. The van der Waals surface area contributed by atoms with Crippen LogP contribution in [0.1, 0.15) is 35.4 Å². The molecular weight excluding hydrogens is 344 g/mol. The number of para-hydroxylation sites is 1. The van der Waals surface area contributed by atoms with E-state index in [0.29, 0.717) is 5.02 Å². The molecule has 2 heterocycles. The quantitative estimate of drug-likeness (QED) is 0.595. The highest BCUT2D eigenvalue weighted by Gasteiger charge is 2.41. The summed E-state index contributed by atoms with van der Waals surface area (Å²) in [6, 6.07) is 26.5. The lowest BCUT2D eigenvalue weighted by atomic mass is 9.96. The molecule has 0 fully saturated rings. The van der Waals surface area contributed by atoms with Crippen molar-refractivity contribution < 1.29 is 4.74 Å². The first-order chi connectivity index (χ1) is 12.8. The predicted octanol–water partition coefficient (Wildman–Crippen LogP) is 5.58. The first kappa shape index (κ1) is 15.5. The Labute approximate surface area is 157 Å². The van der Waals surface area contributed by atoms with Gasteiger partial charge >= 0.3 is 0 Å². The van der Waals surface area contributed by atoms with Gasteiger partial charge < -0.3 is 4.74 Å². The van der Waals surface area contributed by atoms with Crippen LogP contribution >= 0.6 is 11.6 Å². The molecule has 0 unspecified atom stereocenters. The molecule has 26 heavy (non-hydrogen) atoms. The van der Waals surface area contributed by atoms with Gasteiger partial charge in [0, 0.05) is 22.6 Å². The highest BCUT2D eigenvalue weighted by molar-refractivity contribution is 6.31. The molecule has 3 aromatic rings. The Morgan fingerprint density at radius 3 is 2.35 bits per heavy atom. The van der Waals surface area contributed by atoms with Crippen molar-refractivity contribution in [2.75, 3.05) is 0 Å². The minimum absolute atomic E-state index is 0.149. The van der Waals surface area contributed by atoms with Crippen LogP contribution in [-0.4, -0.2) is 10.7 Å². The van der Waals surface area contributed by atoms with E-state index in [1.807, 2.05) is 54.6 Å². The lowest BCUT2D eigenvalue weighted by molar-refractivity contribution is -0.0189. The fourth-order valence-corrected chi connectivity index (χ4v) is 3.95. The fraction of sp³-hybridized carbons (Fsp3) is 0.136. The maximum Gasteiger partial charge on any atom is 0.215 e. The standard InChI is InChI=1S/C22H17ClN2O/c23-18-12-6-4-10-16(18)22-25-20(17-11-5-7-13-21(17)26-22)14-19(24-25)15-8-2-1-3-9-15/h1-13,20,22H,14H2/t20-,22-/m0/s1. The van der Waals surface area contributed by atoms with E-state index in [1.165, 1.54) is 5.56 Å². The van der Waals surface area contributed by atoms with Crippen molar-refractivity contribution in [2.45, 2.75) is 18.7 Å². The van der Waals surface area contributed by atoms with Crippen LogP contribution in [0.4, 0.5) is 0 Å². The topological polar surface area (TPSA) is 24.8 Å². The number of nitrogens with zero attached hydrogens (tertiary/aromatic N) is 2. The predicted molar refractivity (Wildman–Crippen MR) is 103 cm³/mol. The largest absolute Gasteiger partial charge is 0.464 e. The van der Waals surface area contributed by atoms with Crippen molar-refractivity contribution in [3.63, 3.8) is 0 Å². The number of ether oxygens (including phenoxy) is 1. The van der Waals surface area contributed by atoms with Gasteiger partial charge in [-0.2, -0.15) is 5.10 Å². The van der Waals surface area contributed by atoms with Crippen LogP contribution in [0.25, 0.3) is 0 Å². The zero-order valence-corrected chi connectivity index (χ0v) is 14.8. The van der Waals surface area contributed by atoms with Gasteiger partial charge in [0.15, 0.2) is 0 Å². The molecule has 2 atom stereocenters.